The molecule has 0 aliphatic carbocycles. The molecule has 0 heterocycles. The number of aliphatic hydroxyl groups is 5. The van der Waals surface area contributed by atoms with Gasteiger partial charge in [-0.2, -0.15) is 0 Å². The van der Waals surface area contributed by atoms with E-state index in [9.17, 15) is 30.0 Å². The maximum absolute atomic E-state index is 11.7. The summed E-state index contributed by atoms with van der Waals surface area (Å²) in [5, 5.41) is 49.2. The summed E-state index contributed by atoms with van der Waals surface area (Å²) in [6, 6.07) is 0. The Morgan fingerprint density at radius 2 is 1.19 bits per heavy atom. The Morgan fingerprint density at radius 1 is 0.741 bits per heavy atom. The molecule has 0 radical (unpaired) electrons. The lowest BCUT2D eigenvalue weighted by atomic mass is 10.0. The molecule has 0 saturated carbocycles. The number of hydrogen-bond donors (Lipinski definition) is 7. The number of amides is 2. The third-order valence-corrected chi connectivity index (χ3v) is 4.41. The normalized spacial score (nSPS) is 15.7. The van der Waals surface area contributed by atoms with Gasteiger partial charge in [0.1, 0.15) is 18.3 Å². The molecule has 27 heavy (non-hydrogen) atoms. The maximum atomic E-state index is 11.7. The highest BCUT2D eigenvalue weighted by Crippen LogP contribution is 2.10. The fraction of sp³-hybridized carbons (Fsp3) is 0.889. The molecule has 0 aromatic rings. The number of carbonyl (C=O) groups excluding carboxylic acids is 2. The largest absolute Gasteiger partial charge is 0.394 e. The van der Waals surface area contributed by atoms with Gasteiger partial charge in [-0.05, 0) is 12.8 Å². The van der Waals surface area contributed by atoms with Crippen LogP contribution in [0, 0.1) is 0 Å². The molecule has 0 bridgehead atoms. The van der Waals surface area contributed by atoms with E-state index in [-0.39, 0.29) is 18.4 Å². The van der Waals surface area contributed by atoms with Crippen LogP contribution in [0.4, 0.5) is 0 Å². The van der Waals surface area contributed by atoms with Crippen molar-refractivity contribution in [3.8, 4) is 0 Å². The van der Waals surface area contributed by atoms with Gasteiger partial charge in [-0.3, -0.25) is 9.59 Å². The van der Waals surface area contributed by atoms with Gasteiger partial charge in [0.15, 0.2) is 0 Å². The van der Waals surface area contributed by atoms with Crippen molar-refractivity contribution >= 4 is 11.8 Å². The Morgan fingerprint density at radius 3 is 1.67 bits per heavy atom. The molecule has 0 spiro atoms. The maximum Gasteiger partial charge on any atom is 0.220 e. The van der Waals surface area contributed by atoms with Crippen molar-refractivity contribution in [1.82, 2.24) is 5.32 Å². The predicted molar refractivity (Wildman–Crippen MR) is 99.5 cm³/mol. The van der Waals surface area contributed by atoms with E-state index in [0.29, 0.717) is 12.8 Å². The van der Waals surface area contributed by atoms with Crippen LogP contribution in [0.3, 0.4) is 0 Å². The topological polar surface area (TPSA) is 173 Å². The van der Waals surface area contributed by atoms with Gasteiger partial charge in [0.25, 0.3) is 0 Å². The first-order chi connectivity index (χ1) is 12.8. The van der Waals surface area contributed by atoms with Crippen molar-refractivity contribution in [2.75, 3.05) is 13.2 Å². The van der Waals surface area contributed by atoms with Gasteiger partial charge in [0.05, 0.1) is 12.7 Å². The number of primary amides is 1. The average Bonchev–Trinajstić information content (AvgIpc) is 2.65. The van der Waals surface area contributed by atoms with Gasteiger partial charge in [0, 0.05) is 19.4 Å². The molecule has 0 saturated heterocycles. The summed E-state index contributed by atoms with van der Waals surface area (Å²) in [7, 11) is 0. The van der Waals surface area contributed by atoms with E-state index in [1.165, 1.54) is 0 Å². The first-order valence-electron chi connectivity index (χ1n) is 9.67. The molecule has 0 rings (SSSR count). The van der Waals surface area contributed by atoms with Crippen molar-refractivity contribution in [3.63, 3.8) is 0 Å². The Labute approximate surface area is 160 Å². The zero-order valence-corrected chi connectivity index (χ0v) is 15.9. The van der Waals surface area contributed by atoms with Crippen molar-refractivity contribution in [2.24, 2.45) is 5.73 Å². The van der Waals surface area contributed by atoms with Crippen LogP contribution < -0.4 is 11.1 Å². The standard InChI is InChI=1S/C18H36N2O7/c19-15(24)9-7-5-3-1-2-4-6-8-10-16(25)20-11-13(22)17(26)18(27)14(23)12-21/h13-14,17-18,21-23,26-27H,1-12H2,(H2,19,24)(H,20,25)/t13-,14+,17+,18+/m0/s1. The van der Waals surface area contributed by atoms with Crippen LogP contribution >= 0.6 is 0 Å². The second-order valence-corrected chi connectivity index (χ2v) is 6.90. The van der Waals surface area contributed by atoms with Crippen LogP contribution in [0.5, 0.6) is 0 Å². The minimum absolute atomic E-state index is 0.249. The highest BCUT2D eigenvalue weighted by Gasteiger charge is 2.30. The molecular weight excluding hydrogens is 356 g/mol. The third kappa shape index (κ3) is 13.5. The summed E-state index contributed by atoms with van der Waals surface area (Å²) < 4.78 is 0. The molecule has 0 aliphatic rings. The lowest BCUT2D eigenvalue weighted by Crippen LogP contribution is -2.49. The van der Waals surface area contributed by atoms with Crippen LogP contribution in [0.15, 0.2) is 0 Å². The minimum Gasteiger partial charge on any atom is -0.394 e. The number of nitrogens with two attached hydrogens (primary N) is 1. The highest BCUT2D eigenvalue weighted by molar-refractivity contribution is 5.75. The van der Waals surface area contributed by atoms with Crippen molar-refractivity contribution in [2.45, 2.75) is 88.6 Å². The molecule has 4 atom stereocenters. The Kier molecular flexibility index (Phi) is 15.0. The Hall–Kier alpha value is -1.26. The summed E-state index contributed by atoms with van der Waals surface area (Å²) in [6.07, 6.45) is 2.13. The first kappa shape index (κ1) is 25.7. The molecule has 8 N–H and O–H groups in total. The van der Waals surface area contributed by atoms with E-state index in [0.717, 1.165) is 51.4 Å². The summed E-state index contributed by atoms with van der Waals surface area (Å²) in [6.45, 7) is -0.995. The SMILES string of the molecule is NC(=O)CCCCCCCCCCC(=O)NC[C@H](O)[C@@H](O)[C@H](O)[C@H](O)CO. The molecule has 9 heteroatoms. The van der Waals surface area contributed by atoms with Crippen LogP contribution in [0.25, 0.3) is 0 Å². The first-order valence-corrected chi connectivity index (χ1v) is 9.67. The smallest absolute Gasteiger partial charge is 0.220 e. The zero-order valence-electron chi connectivity index (χ0n) is 15.9. The monoisotopic (exact) mass is 392 g/mol. The number of hydrogen-bond acceptors (Lipinski definition) is 7. The fourth-order valence-electron chi connectivity index (χ4n) is 2.64. The van der Waals surface area contributed by atoms with Crippen molar-refractivity contribution < 1.29 is 35.1 Å². The van der Waals surface area contributed by atoms with Gasteiger partial charge < -0.3 is 36.6 Å². The van der Waals surface area contributed by atoms with Gasteiger partial charge in [-0.25, -0.2) is 0 Å². The molecule has 9 nitrogen and oxygen atoms in total. The van der Waals surface area contributed by atoms with E-state index in [1.54, 1.807) is 0 Å². The lowest BCUT2D eigenvalue weighted by molar-refractivity contribution is -0.126. The number of unbranched alkanes of at least 4 members (excludes halogenated alkanes) is 7. The zero-order chi connectivity index (χ0) is 20.7. The molecule has 0 unspecified atom stereocenters. The molecule has 160 valence electrons. The molecular formula is C18H36N2O7. The second-order valence-electron chi connectivity index (χ2n) is 6.90. The molecule has 2 amide bonds. The average molecular weight is 392 g/mol. The number of rotatable bonds is 17. The predicted octanol–water partition coefficient (Wildman–Crippen LogP) is -1.08. The van der Waals surface area contributed by atoms with Gasteiger partial charge in [0.2, 0.25) is 11.8 Å². The lowest BCUT2D eigenvalue weighted by Gasteiger charge is -2.25. The van der Waals surface area contributed by atoms with Crippen LogP contribution in [0.1, 0.15) is 64.2 Å². The summed E-state index contributed by atoms with van der Waals surface area (Å²) >= 11 is 0. The van der Waals surface area contributed by atoms with E-state index < -0.39 is 31.0 Å². The molecule has 0 aromatic heterocycles. The van der Waals surface area contributed by atoms with E-state index in [2.05, 4.69) is 5.32 Å². The minimum atomic E-state index is -1.70. The van der Waals surface area contributed by atoms with Crippen LogP contribution in [-0.2, 0) is 9.59 Å². The van der Waals surface area contributed by atoms with Crippen LogP contribution in [0.2, 0.25) is 0 Å². The highest BCUT2D eigenvalue weighted by atomic mass is 16.4. The Balaban J connectivity index is 3.62. The molecule has 0 aliphatic heterocycles. The van der Waals surface area contributed by atoms with E-state index in [4.69, 9.17) is 10.8 Å². The quantitative estimate of drug-likeness (QED) is 0.154. The van der Waals surface area contributed by atoms with E-state index >= 15 is 0 Å². The van der Waals surface area contributed by atoms with Crippen LogP contribution in [-0.4, -0.2) is 74.9 Å². The number of nitrogens with one attached hydrogen (secondary N) is 1. The van der Waals surface area contributed by atoms with Crippen molar-refractivity contribution in [3.05, 3.63) is 0 Å². The van der Waals surface area contributed by atoms with Gasteiger partial charge in [-0.1, -0.05) is 38.5 Å². The summed E-state index contributed by atoms with van der Waals surface area (Å²) in [4.78, 5) is 22.3. The third-order valence-electron chi connectivity index (χ3n) is 4.41. The summed E-state index contributed by atoms with van der Waals surface area (Å²) in [5.74, 6) is -0.515. The molecule has 0 aromatic carbocycles. The fourth-order valence-corrected chi connectivity index (χ4v) is 2.64. The summed E-state index contributed by atoms with van der Waals surface area (Å²) in [5.41, 5.74) is 5.07. The second kappa shape index (κ2) is 15.8. The van der Waals surface area contributed by atoms with E-state index in [1.807, 2.05) is 0 Å². The van der Waals surface area contributed by atoms with Crippen molar-refractivity contribution in [1.29, 1.82) is 0 Å². The van der Waals surface area contributed by atoms with Gasteiger partial charge >= 0.3 is 0 Å². The van der Waals surface area contributed by atoms with Gasteiger partial charge in [-0.15, -0.1) is 0 Å². The molecule has 0 fully saturated rings. The number of aliphatic hydroxyl groups excluding tert-OH is 5. The Bertz CT molecular complexity index is 409. The number of carbonyl (C=O) groups is 2.